The molecule has 2 nitrogen and oxygen atoms in total. The van der Waals surface area contributed by atoms with Crippen molar-refractivity contribution in [3.8, 4) is 11.5 Å². The van der Waals surface area contributed by atoms with Crippen LogP contribution in [0.3, 0.4) is 0 Å². The third-order valence-corrected chi connectivity index (χ3v) is 2.95. The molecule has 0 radical (unpaired) electrons. The second kappa shape index (κ2) is 5.78. The number of hydrogen-bond donors (Lipinski definition) is 0. The second-order valence-electron chi connectivity index (χ2n) is 4.35. The third kappa shape index (κ3) is 2.91. The fraction of sp³-hybridized carbons (Fsp3) is 0.571. The number of unbranched alkanes of at least 4 members (excludes halogenated alkanes) is 3. The van der Waals surface area contributed by atoms with E-state index in [1.165, 1.54) is 25.7 Å². The normalized spacial score (nSPS) is 18.4. The topological polar surface area (TPSA) is 18.5 Å². The zero-order valence-corrected chi connectivity index (χ0v) is 9.95. The SMILES string of the molecule is CCCCCCC1COc2ccccc2O1. The average molecular weight is 220 g/mol. The molecule has 2 heteroatoms. The van der Waals surface area contributed by atoms with E-state index in [-0.39, 0.29) is 6.10 Å². The molecular weight excluding hydrogens is 200 g/mol. The van der Waals surface area contributed by atoms with Crippen LogP contribution >= 0.6 is 0 Å². The summed E-state index contributed by atoms with van der Waals surface area (Å²) in [5.41, 5.74) is 0. The Morgan fingerprint density at radius 3 is 2.75 bits per heavy atom. The predicted molar refractivity (Wildman–Crippen MR) is 65.1 cm³/mol. The molecule has 0 amide bonds. The third-order valence-electron chi connectivity index (χ3n) is 2.95. The van der Waals surface area contributed by atoms with E-state index in [1.807, 2.05) is 24.3 Å². The highest BCUT2D eigenvalue weighted by atomic mass is 16.6. The van der Waals surface area contributed by atoms with Crippen LogP contribution in [0.5, 0.6) is 11.5 Å². The van der Waals surface area contributed by atoms with Crippen LogP contribution < -0.4 is 9.47 Å². The zero-order chi connectivity index (χ0) is 11.2. The van der Waals surface area contributed by atoms with Crippen LogP contribution in [0.4, 0.5) is 0 Å². The fourth-order valence-corrected chi connectivity index (χ4v) is 2.00. The van der Waals surface area contributed by atoms with Gasteiger partial charge in [-0.1, -0.05) is 38.3 Å². The van der Waals surface area contributed by atoms with Crippen molar-refractivity contribution in [2.24, 2.45) is 0 Å². The summed E-state index contributed by atoms with van der Waals surface area (Å²) in [6, 6.07) is 7.90. The van der Waals surface area contributed by atoms with Gasteiger partial charge < -0.3 is 9.47 Å². The number of para-hydroxylation sites is 2. The first kappa shape index (κ1) is 11.3. The molecule has 16 heavy (non-hydrogen) atoms. The van der Waals surface area contributed by atoms with Gasteiger partial charge in [0.25, 0.3) is 0 Å². The molecule has 0 fully saturated rings. The van der Waals surface area contributed by atoms with Crippen LogP contribution in [0.1, 0.15) is 39.0 Å². The highest BCUT2D eigenvalue weighted by Gasteiger charge is 2.19. The Bertz CT molecular complexity index is 322. The molecule has 0 saturated heterocycles. The lowest BCUT2D eigenvalue weighted by molar-refractivity contribution is 0.0828. The van der Waals surface area contributed by atoms with E-state index in [1.54, 1.807) is 0 Å². The van der Waals surface area contributed by atoms with Crippen molar-refractivity contribution in [2.45, 2.75) is 45.1 Å². The zero-order valence-electron chi connectivity index (χ0n) is 9.95. The molecule has 0 bridgehead atoms. The smallest absolute Gasteiger partial charge is 0.161 e. The summed E-state index contributed by atoms with van der Waals surface area (Å²) >= 11 is 0. The maximum Gasteiger partial charge on any atom is 0.161 e. The minimum atomic E-state index is 0.242. The lowest BCUT2D eigenvalue weighted by atomic mass is 10.1. The highest BCUT2D eigenvalue weighted by molar-refractivity contribution is 5.40. The van der Waals surface area contributed by atoms with Gasteiger partial charge in [-0.05, 0) is 25.0 Å². The van der Waals surface area contributed by atoms with Gasteiger partial charge in [-0.3, -0.25) is 0 Å². The summed E-state index contributed by atoms with van der Waals surface area (Å²) < 4.78 is 11.6. The van der Waals surface area contributed by atoms with Gasteiger partial charge in [-0.25, -0.2) is 0 Å². The lowest BCUT2D eigenvalue weighted by Gasteiger charge is -2.26. The Balaban J connectivity index is 1.79. The van der Waals surface area contributed by atoms with Crippen LogP contribution in [0.15, 0.2) is 24.3 Å². The molecule has 1 aliphatic rings. The lowest BCUT2D eigenvalue weighted by Crippen LogP contribution is -2.28. The van der Waals surface area contributed by atoms with Crippen molar-refractivity contribution in [1.29, 1.82) is 0 Å². The Morgan fingerprint density at radius 1 is 1.12 bits per heavy atom. The summed E-state index contributed by atoms with van der Waals surface area (Å²) in [4.78, 5) is 0. The van der Waals surface area contributed by atoms with Gasteiger partial charge in [0.1, 0.15) is 12.7 Å². The minimum Gasteiger partial charge on any atom is -0.486 e. The molecule has 1 unspecified atom stereocenters. The highest BCUT2D eigenvalue weighted by Crippen LogP contribution is 2.31. The monoisotopic (exact) mass is 220 g/mol. The van der Waals surface area contributed by atoms with E-state index in [0.29, 0.717) is 6.61 Å². The predicted octanol–water partition coefficient (Wildman–Crippen LogP) is 3.80. The average Bonchev–Trinajstić information content (AvgIpc) is 2.34. The summed E-state index contributed by atoms with van der Waals surface area (Å²) in [6.45, 7) is 2.93. The van der Waals surface area contributed by atoms with Crippen LogP contribution in [0, 0.1) is 0 Å². The molecule has 1 aliphatic heterocycles. The van der Waals surface area contributed by atoms with E-state index < -0.39 is 0 Å². The molecule has 88 valence electrons. The molecule has 1 aromatic rings. The van der Waals surface area contributed by atoms with E-state index in [4.69, 9.17) is 9.47 Å². The number of benzene rings is 1. The van der Waals surface area contributed by atoms with Gasteiger partial charge >= 0.3 is 0 Å². The minimum absolute atomic E-state index is 0.242. The van der Waals surface area contributed by atoms with E-state index in [0.717, 1.165) is 17.9 Å². The molecule has 0 spiro atoms. The Morgan fingerprint density at radius 2 is 1.94 bits per heavy atom. The van der Waals surface area contributed by atoms with Gasteiger partial charge in [0.2, 0.25) is 0 Å². The van der Waals surface area contributed by atoms with Crippen molar-refractivity contribution in [3.63, 3.8) is 0 Å². The molecule has 1 aromatic carbocycles. The molecule has 0 N–H and O–H groups in total. The summed E-state index contributed by atoms with van der Waals surface area (Å²) in [7, 11) is 0. The van der Waals surface area contributed by atoms with Gasteiger partial charge in [0, 0.05) is 0 Å². The Hall–Kier alpha value is -1.18. The summed E-state index contributed by atoms with van der Waals surface area (Å²) in [5, 5.41) is 0. The molecule has 1 heterocycles. The van der Waals surface area contributed by atoms with Crippen molar-refractivity contribution >= 4 is 0 Å². The van der Waals surface area contributed by atoms with Gasteiger partial charge in [-0.15, -0.1) is 0 Å². The molecule has 0 saturated carbocycles. The summed E-state index contributed by atoms with van der Waals surface area (Å²) in [5.74, 6) is 1.78. The Kier molecular flexibility index (Phi) is 4.09. The fourth-order valence-electron chi connectivity index (χ4n) is 2.00. The van der Waals surface area contributed by atoms with E-state index >= 15 is 0 Å². The largest absolute Gasteiger partial charge is 0.486 e. The van der Waals surface area contributed by atoms with Gasteiger partial charge in [0.15, 0.2) is 11.5 Å². The molecular formula is C14H20O2. The van der Waals surface area contributed by atoms with Crippen LogP contribution in [-0.2, 0) is 0 Å². The van der Waals surface area contributed by atoms with Crippen LogP contribution in [0.2, 0.25) is 0 Å². The standard InChI is InChI=1S/C14H20O2/c1-2-3-4-5-8-12-11-15-13-9-6-7-10-14(13)16-12/h6-7,9-10,12H,2-5,8,11H2,1H3. The number of fused-ring (bicyclic) bond motifs is 1. The van der Waals surface area contributed by atoms with Gasteiger partial charge in [-0.2, -0.15) is 0 Å². The van der Waals surface area contributed by atoms with Gasteiger partial charge in [0.05, 0.1) is 0 Å². The first-order valence-electron chi connectivity index (χ1n) is 6.28. The second-order valence-corrected chi connectivity index (χ2v) is 4.35. The molecule has 0 aliphatic carbocycles. The maximum atomic E-state index is 5.89. The van der Waals surface area contributed by atoms with Crippen molar-refractivity contribution in [3.05, 3.63) is 24.3 Å². The van der Waals surface area contributed by atoms with Crippen LogP contribution in [0.25, 0.3) is 0 Å². The quantitative estimate of drug-likeness (QED) is 0.703. The number of hydrogen-bond acceptors (Lipinski definition) is 2. The number of rotatable bonds is 5. The summed E-state index contributed by atoms with van der Waals surface area (Å²) in [6.07, 6.45) is 6.50. The maximum absolute atomic E-state index is 5.89. The van der Waals surface area contributed by atoms with E-state index in [9.17, 15) is 0 Å². The van der Waals surface area contributed by atoms with Crippen LogP contribution in [-0.4, -0.2) is 12.7 Å². The van der Waals surface area contributed by atoms with Crippen molar-refractivity contribution in [2.75, 3.05) is 6.61 Å². The first-order valence-corrected chi connectivity index (χ1v) is 6.28. The molecule has 2 rings (SSSR count). The molecule has 1 atom stereocenters. The van der Waals surface area contributed by atoms with E-state index in [2.05, 4.69) is 6.92 Å². The molecule has 0 aromatic heterocycles. The van der Waals surface area contributed by atoms with Crippen molar-refractivity contribution in [1.82, 2.24) is 0 Å². The Labute approximate surface area is 97.6 Å². The van der Waals surface area contributed by atoms with Crippen molar-refractivity contribution < 1.29 is 9.47 Å². The first-order chi connectivity index (χ1) is 7.90. The number of ether oxygens (including phenoxy) is 2.